The molecule has 4 nitrogen and oxygen atoms in total. The van der Waals surface area contributed by atoms with Crippen molar-refractivity contribution in [3.05, 3.63) is 66.0 Å². The van der Waals surface area contributed by atoms with Gasteiger partial charge in [-0.2, -0.15) is 0 Å². The van der Waals surface area contributed by atoms with Crippen molar-refractivity contribution in [3.63, 3.8) is 0 Å². The lowest BCUT2D eigenvalue weighted by atomic mass is 10.2. The second-order valence-corrected chi connectivity index (χ2v) is 5.22. The number of amides is 2. The topological polar surface area (TPSA) is 49.4 Å². The summed E-state index contributed by atoms with van der Waals surface area (Å²) in [5.41, 5.74) is 1.39. The first-order valence-corrected chi connectivity index (χ1v) is 7.04. The van der Waals surface area contributed by atoms with Crippen LogP contribution in [0.1, 0.15) is 12.0 Å². The Hall–Kier alpha value is -2.69. The maximum Gasteiger partial charge on any atom is 0.252 e. The van der Waals surface area contributed by atoms with Crippen LogP contribution in [0, 0.1) is 5.82 Å². The highest BCUT2D eigenvalue weighted by molar-refractivity contribution is 6.06. The predicted octanol–water partition coefficient (Wildman–Crippen LogP) is 2.57. The van der Waals surface area contributed by atoms with Gasteiger partial charge < -0.3 is 5.32 Å². The average Bonchev–Trinajstić information content (AvgIpc) is 2.76. The number of benzene rings is 2. The van der Waals surface area contributed by atoms with Gasteiger partial charge in [0.1, 0.15) is 11.9 Å². The maximum absolute atomic E-state index is 13.2. The molecule has 3 rings (SSSR count). The van der Waals surface area contributed by atoms with Crippen molar-refractivity contribution in [1.82, 2.24) is 4.90 Å². The van der Waals surface area contributed by atoms with Crippen LogP contribution in [0.4, 0.5) is 10.1 Å². The van der Waals surface area contributed by atoms with Crippen molar-refractivity contribution >= 4 is 17.5 Å². The quantitative estimate of drug-likeness (QED) is 0.883. The number of halogens is 1. The van der Waals surface area contributed by atoms with Crippen LogP contribution in [0.3, 0.4) is 0 Å². The Morgan fingerprint density at radius 3 is 2.59 bits per heavy atom. The van der Waals surface area contributed by atoms with Crippen molar-refractivity contribution in [2.45, 2.75) is 19.0 Å². The fourth-order valence-electron chi connectivity index (χ4n) is 2.51. The molecular weight excluding hydrogens is 283 g/mol. The van der Waals surface area contributed by atoms with Crippen LogP contribution in [0.2, 0.25) is 0 Å². The lowest BCUT2D eigenvalue weighted by molar-refractivity contribution is -0.139. The van der Waals surface area contributed by atoms with Crippen LogP contribution in [-0.4, -0.2) is 22.8 Å². The van der Waals surface area contributed by atoms with Gasteiger partial charge in [0.15, 0.2) is 0 Å². The zero-order chi connectivity index (χ0) is 15.5. The van der Waals surface area contributed by atoms with Gasteiger partial charge >= 0.3 is 0 Å². The van der Waals surface area contributed by atoms with Gasteiger partial charge in [-0.1, -0.05) is 36.4 Å². The average molecular weight is 298 g/mol. The molecule has 1 aliphatic rings. The number of carbonyl (C=O) groups excluding carboxylic acids is 2. The Labute approximate surface area is 127 Å². The number of nitrogens with zero attached hydrogens (tertiary/aromatic N) is 1. The van der Waals surface area contributed by atoms with Crippen LogP contribution in [0.15, 0.2) is 54.6 Å². The Morgan fingerprint density at radius 1 is 1.09 bits per heavy atom. The molecule has 1 saturated heterocycles. The minimum absolute atomic E-state index is 0.0855. The smallest absolute Gasteiger partial charge is 0.252 e. The summed E-state index contributed by atoms with van der Waals surface area (Å²) in [4.78, 5) is 25.6. The van der Waals surface area contributed by atoms with E-state index in [4.69, 9.17) is 0 Å². The molecule has 0 aromatic heterocycles. The predicted molar refractivity (Wildman–Crippen MR) is 80.4 cm³/mol. The van der Waals surface area contributed by atoms with E-state index < -0.39 is 6.04 Å². The molecule has 1 atom stereocenters. The number of hydrogen-bond acceptors (Lipinski definition) is 3. The number of anilines is 1. The first-order valence-electron chi connectivity index (χ1n) is 7.04. The van der Waals surface area contributed by atoms with Crippen molar-refractivity contribution in [2.75, 3.05) is 5.32 Å². The summed E-state index contributed by atoms with van der Waals surface area (Å²) in [6, 6.07) is 14.6. The van der Waals surface area contributed by atoms with E-state index in [2.05, 4.69) is 5.32 Å². The molecule has 2 amide bonds. The zero-order valence-corrected chi connectivity index (χ0v) is 11.8. The molecule has 0 spiro atoms. The van der Waals surface area contributed by atoms with Gasteiger partial charge in [-0.25, -0.2) is 4.39 Å². The van der Waals surface area contributed by atoms with Crippen LogP contribution >= 0.6 is 0 Å². The first-order chi connectivity index (χ1) is 10.6. The third-order valence-corrected chi connectivity index (χ3v) is 3.59. The molecule has 22 heavy (non-hydrogen) atoms. The largest absolute Gasteiger partial charge is 0.373 e. The summed E-state index contributed by atoms with van der Waals surface area (Å²) in [7, 11) is 0. The van der Waals surface area contributed by atoms with Gasteiger partial charge in [0, 0.05) is 5.69 Å². The SMILES string of the molecule is O=C1C[C@@H](Nc2cccc(F)c2)C(=O)N1Cc1ccccc1. The molecule has 0 bridgehead atoms. The standard InChI is InChI=1S/C17H15FN2O2/c18-13-7-4-8-14(9-13)19-15-10-16(21)20(17(15)22)11-12-5-2-1-3-6-12/h1-9,15,19H,10-11H2/t15-/m1/s1. The van der Waals surface area contributed by atoms with E-state index in [1.54, 1.807) is 12.1 Å². The monoisotopic (exact) mass is 298 g/mol. The van der Waals surface area contributed by atoms with Gasteiger partial charge in [0.2, 0.25) is 5.91 Å². The molecular formula is C17H15FN2O2. The molecule has 1 heterocycles. The van der Waals surface area contributed by atoms with Crippen molar-refractivity contribution in [1.29, 1.82) is 0 Å². The van der Waals surface area contributed by atoms with Crippen molar-refractivity contribution in [3.8, 4) is 0 Å². The third kappa shape index (κ3) is 2.98. The van der Waals surface area contributed by atoms with E-state index in [0.29, 0.717) is 5.69 Å². The van der Waals surface area contributed by atoms with Crippen LogP contribution in [-0.2, 0) is 16.1 Å². The number of likely N-dealkylation sites (tertiary alicyclic amines) is 1. The van der Waals surface area contributed by atoms with Crippen LogP contribution in [0.25, 0.3) is 0 Å². The zero-order valence-electron chi connectivity index (χ0n) is 11.8. The number of rotatable bonds is 4. The summed E-state index contributed by atoms with van der Waals surface area (Å²) in [5.74, 6) is -0.885. The summed E-state index contributed by atoms with van der Waals surface area (Å²) in [6.45, 7) is 0.264. The third-order valence-electron chi connectivity index (χ3n) is 3.59. The van der Waals surface area contributed by atoms with Gasteiger partial charge in [0.25, 0.3) is 5.91 Å². The van der Waals surface area contributed by atoms with E-state index in [0.717, 1.165) is 5.56 Å². The molecule has 0 saturated carbocycles. The Kier molecular flexibility index (Phi) is 3.87. The van der Waals surface area contributed by atoms with Crippen LogP contribution < -0.4 is 5.32 Å². The van der Waals surface area contributed by atoms with E-state index in [1.807, 2.05) is 30.3 Å². The van der Waals surface area contributed by atoms with E-state index in [1.165, 1.54) is 17.0 Å². The molecule has 2 aromatic carbocycles. The minimum atomic E-state index is -0.641. The first kappa shape index (κ1) is 14.3. The van der Waals surface area contributed by atoms with Gasteiger partial charge in [-0.3, -0.25) is 14.5 Å². The fraction of sp³-hybridized carbons (Fsp3) is 0.176. The van der Waals surface area contributed by atoms with Crippen LogP contribution in [0.5, 0.6) is 0 Å². The Morgan fingerprint density at radius 2 is 1.86 bits per heavy atom. The Balaban J connectivity index is 1.71. The highest BCUT2D eigenvalue weighted by Crippen LogP contribution is 2.21. The lowest BCUT2D eigenvalue weighted by Crippen LogP contribution is -2.34. The molecule has 0 radical (unpaired) electrons. The summed E-state index contributed by atoms with van der Waals surface area (Å²) in [6.07, 6.45) is 0.0855. The van der Waals surface area contributed by atoms with Gasteiger partial charge in [0.05, 0.1) is 13.0 Å². The number of carbonyl (C=O) groups is 2. The summed E-state index contributed by atoms with van der Waals surface area (Å²) >= 11 is 0. The molecule has 0 aliphatic carbocycles. The molecule has 1 fully saturated rings. The second-order valence-electron chi connectivity index (χ2n) is 5.22. The highest BCUT2D eigenvalue weighted by Gasteiger charge is 2.38. The molecule has 2 aromatic rings. The minimum Gasteiger partial charge on any atom is -0.373 e. The second kappa shape index (κ2) is 5.97. The molecule has 1 aliphatic heterocycles. The molecule has 1 N–H and O–H groups in total. The maximum atomic E-state index is 13.2. The lowest BCUT2D eigenvalue weighted by Gasteiger charge is -2.16. The number of imide groups is 1. The summed E-state index contributed by atoms with van der Waals surface area (Å²) < 4.78 is 13.2. The fourth-order valence-corrected chi connectivity index (χ4v) is 2.51. The van der Waals surface area contributed by atoms with E-state index >= 15 is 0 Å². The van der Waals surface area contributed by atoms with Gasteiger partial charge in [-0.05, 0) is 23.8 Å². The van der Waals surface area contributed by atoms with E-state index in [-0.39, 0.29) is 30.6 Å². The molecule has 5 heteroatoms. The van der Waals surface area contributed by atoms with Gasteiger partial charge in [-0.15, -0.1) is 0 Å². The van der Waals surface area contributed by atoms with E-state index in [9.17, 15) is 14.0 Å². The normalized spacial score (nSPS) is 17.9. The Bertz CT molecular complexity index is 703. The summed E-state index contributed by atoms with van der Waals surface area (Å²) in [5, 5.41) is 2.93. The number of hydrogen-bond donors (Lipinski definition) is 1. The highest BCUT2D eigenvalue weighted by atomic mass is 19.1. The number of nitrogens with one attached hydrogen (secondary N) is 1. The van der Waals surface area contributed by atoms with Crippen molar-refractivity contribution < 1.29 is 14.0 Å². The van der Waals surface area contributed by atoms with Crippen molar-refractivity contribution in [2.24, 2.45) is 0 Å². The molecule has 112 valence electrons. The molecule has 0 unspecified atom stereocenters.